The van der Waals surface area contributed by atoms with Crippen LogP contribution in [0.2, 0.25) is 0 Å². The minimum Gasteiger partial charge on any atom is -0.426 e. The minimum atomic E-state index is -1.77. The summed E-state index contributed by atoms with van der Waals surface area (Å²) in [7, 11) is -1.77. The van der Waals surface area contributed by atoms with E-state index in [0.717, 1.165) is 5.56 Å². The Morgan fingerprint density at radius 1 is 0.875 bits per heavy atom. The molecule has 3 aromatic rings. The van der Waals surface area contributed by atoms with Crippen LogP contribution in [0, 0.1) is 5.82 Å². The quantitative estimate of drug-likeness (QED) is 0.389. The maximum Gasteiger partial charge on any atom is 0.475 e. The SMILES string of the molecule is O=C(CC(NC(=O)c1ccccc1)c1cccc(F)c1)NC(Cc1ccccc1)B(O)O. The number of hydrogen-bond donors (Lipinski definition) is 4. The average molecular weight is 434 g/mol. The number of halogens is 1. The third kappa shape index (κ3) is 6.76. The molecule has 0 spiro atoms. The van der Waals surface area contributed by atoms with Gasteiger partial charge in [0.1, 0.15) is 5.82 Å². The first-order chi connectivity index (χ1) is 15.4. The molecule has 3 aromatic carbocycles. The number of amides is 2. The molecule has 0 saturated heterocycles. The van der Waals surface area contributed by atoms with E-state index < -0.39 is 36.7 Å². The molecule has 2 amide bonds. The van der Waals surface area contributed by atoms with E-state index in [0.29, 0.717) is 11.1 Å². The number of rotatable bonds is 9. The molecule has 6 nitrogen and oxygen atoms in total. The molecule has 0 saturated carbocycles. The first-order valence-corrected chi connectivity index (χ1v) is 10.2. The Kier molecular flexibility index (Phi) is 8.13. The second-order valence-electron chi connectivity index (χ2n) is 7.43. The van der Waals surface area contributed by atoms with Gasteiger partial charge in [-0.15, -0.1) is 0 Å². The summed E-state index contributed by atoms with van der Waals surface area (Å²) in [6.45, 7) is 0. The summed E-state index contributed by atoms with van der Waals surface area (Å²) in [5, 5.41) is 24.8. The predicted octanol–water partition coefficient (Wildman–Crippen LogP) is 2.43. The lowest BCUT2D eigenvalue weighted by Crippen LogP contribution is -2.48. The van der Waals surface area contributed by atoms with Crippen molar-refractivity contribution in [2.24, 2.45) is 0 Å². The van der Waals surface area contributed by atoms with E-state index in [-0.39, 0.29) is 12.8 Å². The maximum absolute atomic E-state index is 13.8. The van der Waals surface area contributed by atoms with Gasteiger partial charge in [-0.2, -0.15) is 0 Å². The van der Waals surface area contributed by atoms with Crippen molar-refractivity contribution in [2.75, 3.05) is 0 Å². The molecule has 0 aliphatic carbocycles. The average Bonchev–Trinajstić information content (AvgIpc) is 2.79. The van der Waals surface area contributed by atoms with Crippen LogP contribution >= 0.6 is 0 Å². The molecule has 2 unspecified atom stereocenters. The van der Waals surface area contributed by atoms with Crippen LogP contribution in [0.15, 0.2) is 84.9 Å². The van der Waals surface area contributed by atoms with Gasteiger partial charge in [0, 0.05) is 5.56 Å². The number of carbonyl (C=O) groups is 2. The fourth-order valence-electron chi connectivity index (χ4n) is 3.36. The van der Waals surface area contributed by atoms with E-state index in [2.05, 4.69) is 10.6 Å². The lowest BCUT2D eigenvalue weighted by atomic mass is 9.76. The standard InChI is InChI=1S/C24H24BFN2O4/c26-20-13-7-12-19(15-20)21(27-24(30)18-10-5-2-6-11-18)16-23(29)28-22(25(31)32)14-17-8-3-1-4-9-17/h1-13,15,21-22,31-32H,14,16H2,(H,27,30)(H,28,29). The summed E-state index contributed by atoms with van der Waals surface area (Å²) < 4.78 is 13.8. The van der Waals surface area contributed by atoms with Crippen molar-refractivity contribution in [3.8, 4) is 0 Å². The second-order valence-corrected chi connectivity index (χ2v) is 7.43. The molecule has 0 aliphatic heterocycles. The Morgan fingerprint density at radius 3 is 2.16 bits per heavy atom. The van der Waals surface area contributed by atoms with E-state index in [1.54, 1.807) is 36.4 Å². The zero-order valence-electron chi connectivity index (χ0n) is 17.3. The summed E-state index contributed by atoms with van der Waals surface area (Å²) >= 11 is 0. The predicted molar refractivity (Wildman–Crippen MR) is 120 cm³/mol. The first kappa shape index (κ1) is 23.2. The van der Waals surface area contributed by atoms with Gasteiger partial charge in [-0.3, -0.25) is 9.59 Å². The van der Waals surface area contributed by atoms with Crippen molar-refractivity contribution in [2.45, 2.75) is 24.8 Å². The number of hydrogen-bond acceptors (Lipinski definition) is 4. The largest absolute Gasteiger partial charge is 0.475 e. The summed E-state index contributed by atoms with van der Waals surface area (Å²) in [6.07, 6.45) is 0.00525. The van der Waals surface area contributed by atoms with E-state index in [4.69, 9.17) is 0 Å². The van der Waals surface area contributed by atoms with Crippen LogP contribution in [0.4, 0.5) is 4.39 Å². The van der Waals surface area contributed by atoms with Crippen molar-refractivity contribution < 1.29 is 24.0 Å². The molecule has 0 heterocycles. The van der Waals surface area contributed by atoms with E-state index in [9.17, 15) is 24.0 Å². The Labute approximate surface area is 186 Å². The minimum absolute atomic E-state index is 0.208. The lowest BCUT2D eigenvalue weighted by Gasteiger charge is -2.22. The van der Waals surface area contributed by atoms with Crippen LogP contribution in [-0.2, 0) is 11.2 Å². The van der Waals surface area contributed by atoms with Crippen LogP contribution in [0.25, 0.3) is 0 Å². The zero-order chi connectivity index (χ0) is 22.9. The molecule has 4 N–H and O–H groups in total. The molecule has 0 radical (unpaired) electrons. The van der Waals surface area contributed by atoms with Gasteiger partial charge in [-0.05, 0) is 41.8 Å². The van der Waals surface area contributed by atoms with Crippen molar-refractivity contribution in [1.29, 1.82) is 0 Å². The molecule has 0 fully saturated rings. The third-order valence-electron chi connectivity index (χ3n) is 4.99. The van der Waals surface area contributed by atoms with Crippen molar-refractivity contribution in [3.63, 3.8) is 0 Å². The van der Waals surface area contributed by atoms with Gasteiger partial charge in [-0.25, -0.2) is 4.39 Å². The Morgan fingerprint density at radius 2 is 1.53 bits per heavy atom. The fraction of sp³-hybridized carbons (Fsp3) is 0.167. The van der Waals surface area contributed by atoms with Gasteiger partial charge < -0.3 is 20.7 Å². The molecular weight excluding hydrogens is 410 g/mol. The van der Waals surface area contributed by atoms with Gasteiger partial charge >= 0.3 is 7.12 Å². The highest BCUT2D eigenvalue weighted by Crippen LogP contribution is 2.19. The van der Waals surface area contributed by atoms with Crippen molar-refractivity contribution in [3.05, 3.63) is 107 Å². The smallest absolute Gasteiger partial charge is 0.426 e. The molecule has 32 heavy (non-hydrogen) atoms. The highest BCUT2D eigenvalue weighted by molar-refractivity contribution is 6.43. The van der Waals surface area contributed by atoms with Gasteiger partial charge in [0.15, 0.2) is 0 Å². The Hall–Kier alpha value is -3.49. The van der Waals surface area contributed by atoms with Crippen LogP contribution in [0.3, 0.4) is 0 Å². The molecule has 0 bridgehead atoms. The number of nitrogens with one attached hydrogen (secondary N) is 2. The van der Waals surface area contributed by atoms with Crippen LogP contribution in [-0.4, -0.2) is 34.9 Å². The zero-order valence-corrected chi connectivity index (χ0v) is 17.3. The van der Waals surface area contributed by atoms with Crippen LogP contribution < -0.4 is 10.6 Å². The van der Waals surface area contributed by atoms with E-state index in [1.807, 2.05) is 30.3 Å². The summed E-state index contributed by atoms with van der Waals surface area (Å²) in [4.78, 5) is 25.4. The second kappa shape index (κ2) is 11.2. The summed E-state index contributed by atoms with van der Waals surface area (Å²) in [5.74, 6) is -2.35. The van der Waals surface area contributed by atoms with E-state index in [1.165, 1.54) is 18.2 Å². The molecule has 8 heteroatoms. The number of carbonyl (C=O) groups excluding carboxylic acids is 2. The van der Waals surface area contributed by atoms with Crippen molar-refractivity contribution >= 4 is 18.9 Å². The normalized spacial score (nSPS) is 12.5. The van der Waals surface area contributed by atoms with Gasteiger partial charge in [0.25, 0.3) is 5.91 Å². The topological polar surface area (TPSA) is 98.7 Å². The lowest BCUT2D eigenvalue weighted by molar-refractivity contribution is -0.122. The molecule has 2 atom stereocenters. The Bertz CT molecular complexity index is 1030. The molecule has 3 rings (SSSR count). The van der Waals surface area contributed by atoms with Gasteiger partial charge in [0.05, 0.1) is 18.4 Å². The van der Waals surface area contributed by atoms with Crippen LogP contribution in [0.1, 0.15) is 33.9 Å². The first-order valence-electron chi connectivity index (χ1n) is 10.2. The van der Waals surface area contributed by atoms with Gasteiger partial charge in [0.2, 0.25) is 5.91 Å². The molecule has 0 aromatic heterocycles. The third-order valence-corrected chi connectivity index (χ3v) is 4.99. The maximum atomic E-state index is 13.8. The summed E-state index contributed by atoms with van der Waals surface area (Å²) in [6, 6.07) is 22.4. The Balaban J connectivity index is 1.74. The fourth-order valence-corrected chi connectivity index (χ4v) is 3.36. The van der Waals surface area contributed by atoms with Crippen LogP contribution in [0.5, 0.6) is 0 Å². The van der Waals surface area contributed by atoms with Gasteiger partial charge in [-0.1, -0.05) is 60.7 Å². The monoisotopic (exact) mass is 434 g/mol. The molecular formula is C24H24BFN2O4. The van der Waals surface area contributed by atoms with E-state index >= 15 is 0 Å². The molecule has 164 valence electrons. The highest BCUT2D eigenvalue weighted by Gasteiger charge is 2.27. The summed E-state index contributed by atoms with van der Waals surface area (Å²) in [5.41, 5.74) is 1.65. The number of benzene rings is 3. The molecule has 0 aliphatic rings. The highest BCUT2D eigenvalue weighted by atomic mass is 19.1. The van der Waals surface area contributed by atoms with Crippen molar-refractivity contribution in [1.82, 2.24) is 10.6 Å².